The predicted molar refractivity (Wildman–Crippen MR) is 92.4 cm³/mol. The minimum absolute atomic E-state index is 0.0696. The zero-order chi connectivity index (χ0) is 15.4. The number of hydrogen-bond acceptors (Lipinski definition) is 2. The van der Waals surface area contributed by atoms with E-state index in [1.807, 2.05) is 36.4 Å². The second kappa shape index (κ2) is 7.21. The fraction of sp³-hybridized carbons (Fsp3) is 0.111. The molecule has 0 heterocycles. The van der Waals surface area contributed by atoms with Gasteiger partial charge in [-0.25, -0.2) is 0 Å². The van der Waals surface area contributed by atoms with Gasteiger partial charge >= 0.3 is 142 Å². The Morgan fingerprint density at radius 1 is 0.591 bits per heavy atom. The van der Waals surface area contributed by atoms with Crippen LogP contribution in [-0.2, 0) is 10.6 Å². The van der Waals surface area contributed by atoms with Crippen molar-refractivity contribution in [3.8, 4) is 0 Å². The summed E-state index contributed by atoms with van der Waals surface area (Å²) in [4.78, 5) is 23.6. The molecule has 0 aliphatic rings. The van der Waals surface area contributed by atoms with Gasteiger partial charge in [0.25, 0.3) is 0 Å². The number of benzene rings is 2. The summed E-state index contributed by atoms with van der Waals surface area (Å²) in [6, 6.07) is 20.3. The molecule has 4 heteroatoms. The van der Waals surface area contributed by atoms with Crippen molar-refractivity contribution in [1.82, 2.24) is 0 Å². The maximum absolute atomic E-state index is 11.8. The van der Waals surface area contributed by atoms with Crippen LogP contribution in [0.4, 0.5) is 0 Å². The molecular weight excluding hydrogens is 406 g/mol. The third kappa shape index (κ3) is 3.48. The molecule has 0 unspecified atom stereocenters. The topological polar surface area (TPSA) is 34.1 Å². The molecule has 0 atom stereocenters. The Hall–Kier alpha value is -1.44. The molecule has 0 saturated carbocycles. The van der Waals surface area contributed by atoms with Crippen molar-refractivity contribution in [2.45, 2.75) is 10.6 Å². The summed E-state index contributed by atoms with van der Waals surface area (Å²) in [7, 11) is 0. The molecule has 0 spiro atoms. The van der Waals surface area contributed by atoms with Gasteiger partial charge in [0.05, 0.1) is 0 Å². The van der Waals surface area contributed by atoms with Crippen LogP contribution < -0.4 is 19.8 Å². The molecule has 0 aliphatic carbocycles. The first-order valence-corrected chi connectivity index (χ1v) is 11.1. The van der Waals surface area contributed by atoms with E-state index in [4.69, 9.17) is 0 Å². The SMILES string of the molecule is O=c1c([Se]Cc2ccccc2)c([Se]Cc2ccccc2)c1=O. The normalized spacial score (nSPS) is 10.9. The molecule has 0 aromatic heterocycles. The van der Waals surface area contributed by atoms with Crippen molar-refractivity contribution >= 4 is 38.8 Å². The third-order valence-electron chi connectivity index (χ3n) is 3.28. The van der Waals surface area contributed by atoms with E-state index in [0.717, 1.165) is 19.6 Å². The Morgan fingerprint density at radius 2 is 0.955 bits per heavy atom. The van der Waals surface area contributed by atoms with Gasteiger partial charge in [0, 0.05) is 0 Å². The summed E-state index contributed by atoms with van der Waals surface area (Å²) >= 11 is 0.139. The molecule has 3 aromatic rings. The Balaban J connectivity index is 1.67. The summed E-state index contributed by atoms with van der Waals surface area (Å²) in [5.74, 6) is 0. The first kappa shape index (κ1) is 15.5. The second-order valence-electron chi connectivity index (χ2n) is 4.87. The van der Waals surface area contributed by atoms with Gasteiger partial charge in [0.1, 0.15) is 0 Å². The summed E-state index contributed by atoms with van der Waals surface area (Å²) in [5, 5.41) is 1.76. The van der Waals surface area contributed by atoms with Crippen molar-refractivity contribution in [2.75, 3.05) is 0 Å². The summed E-state index contributed by atoms with van der Waals surface area (Å²) in [5.41, 5.74) is 2.00. The van der Waals surface area contributed by atoms with Crippen molar-refractivity contribution in [2.24, 2.45) is 0 Å². The molecule has 0 fully saturated rings. The van der Waals surface area contributed by atoms with Gasteiger partial charge < -0.3 is 0 Å². The van der Waals surface area contributed by atoms with Crippen LogP contribution in [0, 0.1) is 0 Å². The van der Waals surface area contributed by atoms with E-state index in [1.54, 1.807) is 0 Å². The van der Waals surface area contributed by atoms with Crippen LogP contribution in [0.5, 0.6) is 0 Å². The standard InChI is InChI=1S/C18H14O2Se2/c19-15-16(20)18(22-12-14-9-5-2-6-10-14)17(15)21-11-13-7-3-1-4-8-13/h1-10H,11-12H2. The number of hydrogen-bond donors (Lipinski definition) is 0. The van der Waals surface area contributed by atoms with E-state index >= 15 is 0 Å². The minimum atomic E-state index is -0.235. The maximum atomic E-state index is 11.8. The summed E-state index contributed by atoms with van der Waals surface area (Å²) in [6.45, 7) is 0. The van der Waals surface area contributed by atoms with Gasteiger partial charge in [-0.15, -0.1) is 0 Å². The Labute approximate surface area is 141 Å². The van der Waals surface area contributed by atoms with Crippen molar-refractivity contribution < 1.29 is 0 Å². The van der Waals surface area contributed by atoms with E-state index < -0.39 is 0 Å². The third-order valence-corrected chi connectivity index (χ3v) is 8.78. The molecular formula is C18H14O2Se2. The van der Waals surface area contributed by atoms with Crippen molar-refractivity contribution in [3.63, 3.8) is 0 Å². The molecule has 0 N–H and O–H groups in total. The van der Waals surface area contributed by atoms with Gasteiger partial charge in [-0.1, -0.05) is 0 Å². The zero-order valence-electron chi connectivity index (χ0n) is 11.8. The zero-order valence-corrected chi connectivity index (χ0v) is 15.2. The van der Waals surface area contributed by atoms with Crippen LogP contribution in [0.3, 0.4) is 0 Å². The van der Waals surface area contributed by atoms with Crippen LogP contribution in [0.25, 0.3) is 0 Å². The Bertz CT molecular complexity index is 748. The molecule has 0 amide bonds. The molecule has 0 saturated heterocycles. The molecule has 0 radical (unpaired) electrons. The fourth-order valence-corrected chi connectivity index (χ4v) is 7.35. The second-order valence-corrected chi connectivity index (χ2v) is 9.00. The van der Waals surface area contributed by atoms with Crippen LogP contribution >= 0.6 is 0 Å². The first-order chi connectivity index (χ1) is 10.8. The van der Waals surface area contributed by atoms with E-state index in [-0.39, 0.29) is 40.8 Å². The van der Waals surface area contributed by atoms with Gasteiger partial charge in [0.15, 0.2) is 0 Å². The van der Waals surface area contributed by atoms with Crippen LogP contribution in [-0.4, -0.2) is 29.9 Å². The number of rotatable bonds is 6. The molecule has 3 rings (SSSR count). The summed E-state index contributed by atoms with van der Waals surface area (Å²) in [6.07, 6.45) is 0. The van der Waals surface area contributed by atoms with Crippen LogP contribution in [0.2, 0.25) is 0 Å². The predicted octanol–water partition coefficient (Wildman–Crippen LogP) is 0.342. The molecule has 22 heavy (non-hydrogen) atoms. The molecule has 110 valence electrons. The molecule has 0 aliphatic heterocycles. The monoisotopic (exact) mass is 422 g/mol. The summed E-state index contributed by atoms with van der Waals surface area (Å²) < 4.78 is 1.66. The van der Waals surface area contributed by atoms with Gasteiger partial charge in [-0.05, 0) is 0 Å². The van der Waals surface area contributed by atoms with Crippen LogP contribution in [0.1, 0.15) is 11.1 Å². The first-order valence-electron chi connectivity index (χ1n) is 6.92. The van der Waals surface area contributed by atoms with Gasteiger partial charge in [0.2, 0.25) is 0 Å². The van der Waals surface area contributed by atoms with E-state index in [2.05, 4.69) is 24.3 Å². The van der Waals surface area contributed by atoms with E-state index in [1.165, 1.54) is 11.1 Å². The van der Waals surface area contributed by atoms with Gasteiger partial charge in [-0.3, -0.25) is 0 Å². The average molecular weight is 420 g/mol. The quantitative estimate of drug-likeness (QED) is 0.426. The Kier molecular flexibility index (Phi) is 5.07. The van der Waals surface area contributed by atoms with Crippen molar-refractivity contribution in [3.05, 3.63) is 92.2 Å². The molecule has 2 nitrogen and oxygen atoms in total. The van der Waals surface area contributed by atoms with Crippen LogP contribution in [0.15, 0.2) is 70.3 Å². The Morgan fingerprint density at radius 3 is 1.32 bits per heavy atom. The van der Waals surface area contributed by atoms with E-state index in [9.17, 15) is 9.59 Å². The van der Waals surface area contributed by atoms with E-state index in [0.29, 0.717) is 0 Å². The van der Waals surface area contributed by atoms with Gasteiger partial charge in [-0.2, -0.15) is 0 Å². The average Bonchev–Trinajstić information content (AvgIpc) is 2.58. The fourth-order valence-electron chi connectivity index (χ4n) is 2.07. The molecule has 3 aromatic carbocycles. The van der Waals surface area contributed by atoms with Crippen molar-refractivity contribution in [1.29, 1.82) is 0 Å². The molecule has 0 bridgehead atoms.